The zero-order valence-corrected chi connectivity index (χ0v) is 12.0. The van der Waals surface area contributed by atoms with Crippen LogP contribution in [0.1, 0.15) is 11.1 Å². The van der Waals surface area contributed by atoms with Crippen molar-refractivity contribution in [2.24, 2.45) is 0 Å². The molecule has 3 rings (SSSR count). The van der Waals surface area contributed by atoms with Gasteiger partial charge in [-0.15, -0.1) is 0 Å². The van der Waals surface area contributed by atoms with E-state index in [1.807, 2.05) is 24.4 Å². The van der Waals surface area contributed by atoms with E-state index < -0.39 is 0 Å². The molecule has 1 heterocycles. The van der Waals surface area contributed by atoms with Gasteiger partial charge < -0.3 is 10.3 Å². The maximum atomic E-state index is 5.97. The molecule has 0 radical (unpaired) electrons. The van der Waals surface area contributed by atoms with Gasteiger partial charge in [-0.25, -0.2) is 0 Å². The van der Waals surface area contributed by atoms with Gasteiger partial charge in [-0.05, 0) is 59.8 Å². The lowest BCUT2D eigenvalue weighted by atomic mass is 10.1. The molecule has 0 aliphatic rings. The molecule has 3 heteroatoms. The summed E-state index contributed by atoms with van der Waals surface area (Å²) in [4.78, 5) is 3.21. The van der Waals surface area contributed by atoms with Crippen LogP contribution in [0.5, 0.6) is 0 Å². The Hall–Kier alpha value is -1.77. The summed E-state index contributed by atoms with van der Waals surface area (Å²) >= 11 is 5.97. The van der Waals surface area contributed by atoms with Crippen molar-refractivity contribution in [3.05, 3.63) is 70.9 Å². The van der Waals surface area contributed by atoms with Crippen LogP contribution >= 0.6 is 11.6 Å². The summed E-state index contributed by atoms with van der Waals surface area (Å²) in [5.74, 6) is 0. The Bertz CT molecular complexity index is 703. The van der Waals surface area contributed by atoms with E-state index in [2.05, 4.69) is 40.6 Å². The number of nitrogens with one attached hydrogen (secondary N) is 2. The Labute approximate surface area is 123 Å². The highest BCUT2D eigenvalue weighted by Crippen LogP contribution is 2.14. The van der Waals surface area contributed by atoms with Gasteiger partial charge in [0.25, 0.3) is 0 Å². The number of benzene rings is 2. The molecule has 102 valence electrons. The Kier molecular flexibility index (Phi) is 4.05. The topological polar surface area (TPSA) is 27.8 Å². The first-order valence-corrected chi connectivity index (χ1v) is 7.20. The first-order valence-electron chi connectivity index (χ1n) is 6.82. The number of hydrogen-bond acceptors (Lipinski definition) is 1. The molecular weight excluding hydrogens is 268 g/mol. The fourth-order valence-electron chi connectivity index (χ4n) is 2.37. The van der Waals surface area contributed by atoms with Crippen molar-refractivity contribution in [3.8, 4) is 0 Å². The van der Waals surface area contributed by atoms with Crippen LogP contribution in [0.4, 0.5) is 0 Å². The number of fused-ring (bicyclic) bond motifs is 1. The average molecular weight is 285 g/mol. The number of halogens is 1. The Morgan fingerprint density at radius 1 is 1.00 bits per heavy atom. The third kappa shape index (κ3) is 3.21. The fourth-order valence-corrected chi connectivity index (χ4v) is 2.58. The predicted molar refractivity (Wildman–Crippen MR) is 85.2 cm³/mol. The van der Waals surface area contributed by atoms with Gasteiger partial charge >= 0.3 is 0 Å². The number of aromatic amines is 1. The second-order valence-electron chi connectivity index (χ2n) is 4.96. The molecule has 0 fully saturated rings. The number of rotatable bonds is 5. The molecule has 0 unspecified atom stereocenters. The van der Waals surface area contributed by atoms with E-state index in [9.17, 15) is 0 Å². The minimum absolute atomic E-state index is 0.806. The van der Waals surface area contributed by atoms with E-state index in [-0.39, 0.29) is 0 Å². The Morgan fingerprint density at radius 2 is 1.95 bits per heavy atom. The lowest BCUT2D eigenvalue weighted by Gasteiger charge is -2.06. The van der Waals surface area contributed by atoms with E-state index in [0.717, 1.165) is 24.5 Å². The van der Waals surface area contributed by atoms with Gasteiger partial charge in [0.2, 0.25) is 0 Å². The smallest absolute Gasteiger partial charge is 0.0454 e. The summed E-state index contributed by atoms with van der Waals surface area (Å²) < 4.78 is 0. The number of aromatic nitrogens is 1. The zero-order valence-electron chi connectivity index (χ0n) is 11.2. The van der Waals surface area contributed by atoms with Crippen molar-refractivity contribution in [2.45, 2.75) is 13.0 Å². The van der Waals surface area contributed by atoms with Crippen molar-refractivity contribution in [1.82, 2.24) is 10.3 Å². The van der Waals surface area contributed by atoms with Crippen LogP contribution in [-0.2, 0) is 13.0 Å². The molecule has 20 heavy (non-hydrogen) atoms. The Morgan fingerprint density at radius 3 is 2.85 bits per heavy atom. The monoisotopic (exact) mass is 284 g/mol. The van der Waals surface area contributed by atoms with E-state index in [0.29, 0.717) is 0 Å². The van der Waals surface area contributed by atoms with E-state index in [1.54, 1.807) is 0 Å². The second-order valence-corrected chi connectivity index (χ2v) is 5.39. The standard InChI is InChI=1S/C17H17ClN2/c18-16-3-1-2-13(11-16)6-8-19-12-14-4-5-17-15(10-14)7-9-20-17/h1-5,7,9-11,19-20H,6,8,12H2. The van der Waals surface area contributed by atoms with E-state index >= 15 is 0 Å². The largest absolute Gasteiger partial charge is 0.361 e. The van der Waals surface area contributed by atoms with Crippen molar-refractivity contribution in [1.29, 1.82) is 0 Å². The molecular formula is C17H17ClN2. The van der Waals surface area contributed by atoms with Gasteiger partial charge in [-0.2, -0.15) is 0 Å². The van der Waals surface area contributed by atoms with Gasteiger partial charge in [0, 0.05) is 23.3 Å². The number of hydrogen-bond donors (Lipinski definition) is 2. The highest BCUT2D eigenvalue weighted by Gasteiger charge is 1.98. The summed E-state index contributed by atoms with van der Waals surface area (Å²) in [5, 5.41) is 5.54. The van der Waals surface area contributed by atoms with Crippen molar-refractivity contribution < 1.29 is 0 Å². The van der Waals surface area contributed by atoms with E-state index in [1.165, 1.54) is 22.0 Å². The summed E-state index contributed by atoms with van der Waals surface area (Å²) in [6.07, 6.45) is 2.97. The van der Waals surface area contributed by atoms with Crippen LogP contribution in [-0.4, -0.2) is 11.5 Å². The number of H-pyrrole nitrogens is 1. The lowest BCUT2D eigenvalue weighted by Crippen LogP contribution is -2.16. The first kappa shape index (κ1) is 13.2. The van der Waals surface area contributed by atoms with Crippen molar-refractivity contribution >= 4 is 22.5 Å². The van der Waals surface area contributed by atoms with Gasteiger partial charge in [-0.3, -0.25) is 0 Å². The highest BCUT2D eigenvalue weighted by molar-refractivity contribution is 6.30. The molecule has 0 bridgehead atoms. The lowest BCUT2D eigenvalue weighted by molar-refractivity contribution is 0.687. The molecule has 0 aliphatic carbocycles. The minimum Gasteiger partial charge on any atom is -0.361 e. The van der Waals surface area contributed by atoms with Crippen LogP contribution in [0.3, 0.4) is 0 Å². The molecule has 2 nitrogen and oxygen atoms in total. The minimum atomic E-state index is 0.806. The molecule has 2 N–H and O–H groups in total. The first-order chi connectivity index (χ1) is 9.81. The molecule has 0 saturated heterocycles. The van der Waals surface area contributed by atoms with Crippen LogP contribution < -0.4 is 5.32 Å². The SMILES string of the molecule is Clc1cccc(CCNCc2ccc3[nH]ccc3c2)c1. The molecule has 3 aromatic rings. The van der Waals surface area contributed by atoms with Gasteiger partial charge in [0.1, 0.15) is 0 Å². The maximum absolute atomic E-state index is 5.97. The summed E-state index contributed by atoms with van der Waals surface area (Å²) in [6.45, 7) is 1.84. The van der Waals surface area contributed by atoms with Gasteiger partial charge in [-0.1, -0.05) is 29.8 Å². The summed E-state index contributed by atoms with van der Waals surface area (Å²) in [5.41, 5.74) is 3.77. The van der Waals surface area contributed by atoms with Gasteiger partial charge in [0.05, 0.1) is 0 Å². The molecule has 0 spiro atoms. The molecule has 0 amide bonds. The average Bonchev–Trinajstić information content (AvgIpc) is 2.91. The fraction of sp³-hybridized carbons (Fsp3) is 0.176. The molecule has 0 saturated carbocycles. The predicted octanol–water partition coefficient (Wildman–Crippen LogP) is 4.15. The van der Waals surface area contributed by atoms with Crippen LogP contribution in [0.15, 0.2) is 54.7 Å². The second kappa shape index (κ2) is 6.12. The van der Waals surface area contributed by atoms with Crippen molar-refractivity contribution in [2.75, 3.05) is 6.54 Å². The van der Waals surface area contributed by atoms with Crippen LogP contribution in [0.25, 0.3) is 10.9 Å². The Balaban J connectivity index is 1.52. The quantitative estimate of drug-likeness (QED) is 0.677. The third-order valence-corrected chi connectivity index (χ3v) is 3.66. The van der Waals surface area contributed by atoms with Gasteiger partial charge in [0.15, 0.2) is 0 Å². The summed E-state index contributed by atoms with van der Waals surface area (Å²) in [7, 11) is 0. The normalized spacial score (nSPS) is 11.1. The maximum Gasteiger partial charge on any atom is 0.0454 e. The highest BCUT2D eigenvalue weighted by atomic mass is 35.5. The van der Waals surface area contributed by atoms with Crippen LogP contribution in [0, 0.1) is 0 Å². The molecule has 2 aromatic carbocycles. The van der Waals surface area contributed by atoms with Crippen LogP contribution in [0.2, 0.25) is 5.02 Å². The third-order valence-electron chi connectivity index (χ3n) is 3.43. The molecule has 0 aliphatic heterocycles. The van der Waals surface area contributed by atoms with Crippen molar-refractivity contribution in [3.63, 3.8) is 0 Å². The molecule has 1 aromatic heterocycles. The zero-order chi connectivity index (χ0) is 13.8. The van der Waals surface area contributed by atoms with E-state index in [4.69, 9.17) is 11.6 Å². The summed E-state index contributed by atoms with van der Waals surface area (Å²) in [6, 6.07) is 16.6. The molecule has 0 atom stereocenters.